The van der Waals surface area contributed by atoms with Crippen LogP contribution in [0.1, 0.15) is 37.8 Å². The van der Waals surface area contributed by atoms with Crippen LogP contribution in [0.2, 0.25) is 0 Å². The van der Waals surface area contributed by atoms with E-state index in [4.69, 9.17) is 0 Å². The van der Waals surface area contributed by atoms with E-state index in [0.29, 0.717) is 5.56 Å². The summed E-state index contributed by atoms with van der Waals surface area (Å²) < 4.78 is 37.4. The molecule has 1 rings (SSSR count). The number of benzene rings is 1. The van der Waals surface area contributed by atoms with Gasteiger partial charge in [-0.2, -0.15) is 13.2 Å². The third kappa shape index (κ3) is 3.40. The molecular formula is C13H15F3. The first kappa shape index (κ1) is 12.8. The van der Waals surface area contributed by atoms with Crippen LogP contribution in [-0.2, 0) is 6.18 Å². The Balaban J connectivity index is 2.99. The van der Waals surface area contributed by atoms with Gasteiger partial charge in [0, 0.05) is 0 Å². The molecule has 0 saturated carbocycles. The van der Waals surface area contributed by atoms with Crippen molar-refractivity contribution in [1.82, 2.24) is 0 Å². The van der Waals surface area contributed by atoms with E-state index < -0.39 is 11.7 Å². The number of rotatable bonds is 3. The predicted octanol–water partition coefficient (Wildman–Crippen LogP) is 4.91. The molecule has 16 heavy (non-hydrogen) atoms. The summed E-state index contributed by atoms with van der Waals surface area (Å²) >= 11 is 0. The van der Waals surface area contributed by atoms with Gasteiger partial charge in [-0.1, -0.05) is 31.6 Å². The second-order valence-corrected chi connectivity index (χ2v) is 3.75. The highest BCUT2D eigenvalue weighted by Gasteiger charge is 2.30. The number of alkyl halides is 3. The molecule has 0 amide bonds. The van der Waals surface area contributed by atoms with Crippen molar-refractivity contribution in [2.45, 2.75) is 32.9 Å². The summed E-state index contributed by atoms with van der Waals surface area (Å²) in [5.41, 5.74) is 0.950. The van der Waals surface area contributed by atoms with Gasteiger partial charge in [0.1, 0.15) is 0 Å². The van der Waals surface area contributed by atoms with Crippen LogP contribution < -0.4 is 0 Å². The highest BCUT2D eigenvalue weighted by atomic mass is 19.4. The lowest BCUT2D eigenvalue weighted by Gasteiger charge is -2.09. The lowest BCUT2D eigenvalue weighted by atomic mass is 10.0. The van der Waals surface area contributed by atoms with Gasteiger partial charge in [0.2, 0.25) is 0 Å². The Hall–Kier alpha value is -1.25. The largest absolute Gasteiger partial charge is 0.416 e. The fraction of sp³-hybridized carbons (Fsp3) is 0.385. The minimum Gasteiger partial charge on any atom is -0.166 e. The number of halogens is 3. The van der Waals surface area contributed by atoms with Crippen molar-refractivity contribution in [3.63, 3.8) is 0 Å². The molecule has 0 radical (unpaired) electrons. The molecule has 0 spiro atoms. The van der Waals surface area contributed by atoms with Gasteiger partial charge < -0.3 is 0 Å². The summed E-state index contributed by atoms with van der Waals surface area (Å²) in [6, 6.07) is 5.44. The Morgan fingerprint density at radius 1 is 1.31 bits per heavy atom. The van der Waals surface area contributed by atoms with Gasteiger partial charge in [-0.05, 0) is 36.6 Å². The van der Waals surface area contributed by atoms with Gasteiger partial charge in [0.05, 0.1) is 5.56 Å². The van der Waals surface area contributed by atoms with Gasteiger partial charge >= 0.3 is 6.18 Å². The van der Waals surface area contributed by atoms with E-state index in [1.54, 1.807) is 6.07 Å². The Morgan fingerprint density at radius 2 is 2.00 bits per heavy atom. The van der Waals surface area contributed by atoms with Gasteiger partial charge in [-0.3, -0.25) is 0 Å². The highest BCUT2D eigenvalue weighted by molar-refractivity contribution is 5.64. The molecule has 1 aromatic rings. The number of unbranched alkanes of at least 4 members (excludes halogenated alkanes) is 1. The molecule has 0 aliphatic rings. The van der Waals surface area contributed by atoms with Crippen molar-refractivity contribution in [2.24, 2.45) is 0 Å². The second-order valence-electron chi connectivity index (χ2n) is 3.75. The van der Waals surface area contributed by atoms with E-state index >= 15 is 0 Å². The first-order chi connectivity index (χ1) is 7.45. The van der Waals surface area contributed by atoms with Crippen LogP contribution in [0.3, 0.4) is 0 Å². The quantitative estimate of drug-likeness (QED) is 0.689. The van der Waals surface area contributed by atoms with Crippen molar-refractivity contribution < 1.29 is 13.2 Å². The van der Waals surface area contributed by atoms with Gasteiger partial charge in [-0.25, -0.2) is 0 Å². The zero-order valence-corrected chi connectivity index (χ0v) is 9.43. The van der Waals surface area contributed by atoms with Gasteiger partial charge in [-0.15, -0.1) is 0 Å². The first-order valence-corrected chi connectivity index (χ1v) is 5.29. The Bertz CT molecular complexity index is 375. The zero-order valence-electron chi connectivity index (χ0n) is 9.43. The molecule has 0 saturated heterocycles. The van der Waals surface area contributed by atoms with Crippen LogP contribution in [0.15, 0.2) is 30.3 Å². The fourth-order valence-electron chi connectivity index (χ4n) is 1.42. The third-order valence-electron chi connectivity index (χ3n) is 2.38. The number of hydrogen-bond acceptors (Lipinski definition) is 0. The summed E-state index contributed by atoms with van der Waals surface area (Å²) in [5, 5.41) is 0. The monoisotopic (exact) mass is 228 g/mol. The molecule has 88 valence electrons. The van der Waals surface area contributed by atoms with Crippen LogP contribution >= 0.6 is 0 Å². The van der Waals surface area contributed by atoms with E-state index in [9.17, 15) is 13.2 Å². The maximum absolute atomic E-state index is 12.5. The molecule has 0 atom stereocenters. The highest BCUT2D eigenvalue weighted by Crippen LogP contribution is 2.30. The normalized spacial score (nSPS) is 12.9. The topological polar surface area (TPSA) is 0 Å². The molecule has 0 aliphatic carbocycles. The summed E-state index contributed by atoms with van der Waals surface area (Å²) in [4.78, 5) is 0. The van der Waals surface area contributed by atoms with Crippen LogP contribution in [0.25, 0.3) is 5.57 Å². The SMILES string of the molecule is CCC/C=C(\C)c1cccc(C(F)(F)F)c1. The van der Waals surface area contributed by atoms with Crippen molar-refractivity contribution >= 4 is 5.57 Å². The first-order valence-electron chi connectivity index (χ1n) is 5.29. The molecular weight excluding hydrogens is 213 g/mol. The summed E-state index contributed by atoms with van der Waals surface area (Å²) in [7, 11) is 0. The smallest absolute Gasteiger partial charge is 0.166 e. The molecule has 0 heterocycles. The Morgan fingerprint density at radius 3 is 2.56 bits per heavy atom. The molecule has 0 N–H and O–H groups in total. The maximum Gasteiger partial charge on any atom is 0.416 e. The average Bonchev–Trinajstić information content (AvgIpc) is 2.25. The molecule has 0 unspecified atom stereocenters. The van der Waals surface area contributed by atoms with Crippen LogP contribution in [0.5, 0.6) is 0 Å². The van der Waals surface area contributed by atoms with E-state index in [-0.39, 0.29) is 0 Å². The molecule has 0 bridgehead atoms. The molecule has 0 nitrogen and oxygen atoms in total. The standard InChI is InChI=1S/C13H15F3/c1-3-4-6-10(2)11-7-5-8-12(9-11)13(14,15)16/h5-9H,3-4H2,1-2H3/b10-6+. The summed E-state index contributed by atoms with van der Waals surface area (Å²) in [5.74, 6) is 0. The van der Waals surface area contributed by atoms with Crippen LogP contribution in [-0.4, -0.2) is 0 Å². The maximum atomic E-state index is 12.5. The van der Waals surface area contributed by atoms with E-state index in [1.165, 1.54) is 12.1 Å². The van der Waals surface area contributed by atoms with Crippen molar-refractivity contribution in [2.75, 3.05) is 0 Å². The van der Waals surface area contributed by atoms with Gasteiger partial charge in [0.15, 0.2) is 0 Å². The Labute approximate surface area is 93.8 Å². The third-order valence-corrected chi connectivity index (χ3v) is 2.38. The predicted molar refractivity (Wildman–Crippen MR) is 60.0 cm³/mol. The van der Waals surface area contributed by atoms with Crippen molar-refractivity contribution in [3.05, 3.63) is 41.5 Å². The molecule has 0 aromatic heterocycles. The van der Waals surface area contributed by atoms with Gasteiger partial charge in [0.25, 0.3) is 0 Å². The number of allylic oxidation sites excluding steroid dienone is 2. The minimum absolute atomic E-state index is 0.589. The van der Waals surface area contributed by atoms with Crippen LogP contribution in [0.4, 0.5) is 13.2 Å². The molecule has 0 aliphatic heterocycles. The minimum atomic E-state index is -4.26. The van der Waals surface area contributed by atoms with E-state index in [1.807, 2.05) is 19.9 Å². The average molecular weight is 228 g/mol. The lowest BCUT2D eigenvalue weighted by molar-refractivity contribution is -0.137. The van der Waals surface area contributed by atoms with Crippen molar-refractivity contribution in [3.8, 4) is 0 Å². The fourth-order valence-corrected chi connectivity index (χ4v) is 1.42. The summed E-state index contributed by atoms with van der Waals surface area (Å²) in [6.07, 6.45) is -0.408. The molecule has 3 heteroatoms. The van der Waals surface area contributed by atoms with Crippen LogP contribution in [0, 0.1) is 0 Å². The summed E-state index contributed by atoms with van der Waals surface area (Å²) in [6.45, 7) is 3.88. The molecule has 0 fully saturated rings. The van der Waals surface area contributed by atoms with E-state index in [2.05, 4.69) is 0 Å². The number of hydrogen-bond donors (Lipinski definition) is 0. The second kappa shape index (κ2) is 5.19. The lowest BCUT2D eigenvalue weighted by Crippen LogP contribution is -2.04. The Kier molecular flexibility index (Phi) is 4.16. The van der Waals surface area contributed by atoms with Crippen molar-refractivity contribution in [1.29, 1.82) is 0 Å². The van der Waals surface area contributed by atoms with E-state index in [0.717, 1.165) is 24.5 Å². The zero-order chi connectivity index (χ0) is 12.2. The molecule has 1 aromatic carbocycles.